The Labute approximate surface area is 372 Å². The molecular weight excluding hydrogens is 815 g/mol. The van der Waals surface area contributed by atoms with E-state index >= 15 is 0 Å². The summed E-state index contributed by atoms with van der Waals surface area (Å²) in [4.78, 5) is 18.0. The van der Waals surface area contributed by atoms with Crippen LogP contribution in [0.1, 0.15) is 122 Å². The number of carbonyl (C=O) groups excluding carboxylic acids is 1. The van der Waals surface area contributed by atoms with E-state index < -0.39 is 17.7 Å². The van der Waals surface area contributed by atoms with Crippen molar-refractivity contribution in [2.24, 2.45) is 39.1 Å². The summed E-state index contributed by atoms with van der Waals surface area (Å²) in [5, 5.41) is 49.2. The van der Waals surface area contributed by atoms with Crippen LogP contribution < -0.4 is 21.3 Å². The zero-order valence-corrected chi connectivity index (χ0v) is 37.0. The number of aliphatic hydroxyl groups is 1. The Morgan fingerprint density at radius 1 is 1.00 bits per heavy atom. The quantitative estimate of drug-likeness (QED) is 0.0982. The lowest BCUT2D eigenvalue weighted by atomic mass is 9.53. The van der Waals surface area contributed by atoms with Crippen molar-refractivity contribution in [3.8, 4) is 29.1 Å². The third kappa shape index (κ3) is 8.02. The molecule has 11 heteroatoms. The van der Waals surface area contributed by atoms with Gasteiger partial charge >= 0.3 is 0 Å². The van der Waals surface area contributed by atoms with E-state index in [2.05, 4.69) is 35.9 Å². The van der Waals surface area contributed by atoms with Crippen LogP contribution in [0, 0.1) is 34.5 Å². The summed E-state index contributed by atoms with van der Waals surface area (Å²) in [5.74, 6) is 8.76. The number of aryl methyl sites for hydroxylation is 1. The van der Waals surface area contributed by atoms with Gasteiger partial charge in [-0.3, -0.25) is 9.79 Å². The lowest BCUT2D eigenvalue weighted by Gasteiger charge is -2.54. The van der Waals surface area contributed by atoms with Crippen molar-refractivity contribution in [3.63, 3.8) is 0 Å². The molecule has 0 saturated heterocycles. The van der Waals surface area contributed by atoms with Crippen molar-refractivity contribution in [1.29, 1.82) is 0 Å². The van der Waals surface area contributed by atoms with Crippen molar-refractivity contribution in [2.75, 3.05) is 12.4 Å². The predicted molar refractivity (Wildman–Crippen MR) is 246 cm³/mol. The summed E-state index contributed by atoms with van der Waals surface area (Å²) in [6, 6.07) is 14.7. The van der Waals surface area contributed by atoms with Gasteiger partial charge in [-0.25, -0.2) is 0 Å². The fourth-order valence-corrected chi connectivity index (χ4v) is 14.6. The molecule has 2 aliphatic heterocycles. The molecule has 3 saturated carbocycles. The molecule has 3 aromatic carbocycles. The highest BCUT2D eigenvalue weighted by atomic mass is 33.1. The largest absolute Gasteiger partial charge is 0.875 e. The number of nitrogens with zero attached hydrogens (tertiary/aromatic N) is 1. The van der Waals surface area contributed by atoms with Crippen molar-refractivity contribution in [2.45, 2.75) is 107 Å². The molecule has 9 nitrogen and oxygen atoms in total. The van der Waals surface area contributed by atoms with Crippen LogP contribution >= 0.6 is 21.6 Å². The molecule has 4 aliphatic carbocycles. The number of rotatable bonds is 3. The van der Waals surface area contributed by atoms with E-state index in [9.17, 15) is 25.2 Å². The van der Waals surface area contributed by atoms with Gasteiger partial charge in [0.15, 0.2) is 17.3 Å². The topological polar surface area (TPSA) is 174 Å². The molecule has 3 aromatic rings. The monoisotopic (exact) mass is 870 g/mol. The van der Waals surface area contributed by atoms with Crippen LogP contribution in [0.4, 0.5) is 0 Å². The van der Waals surface area contributed by atoms with Crippen LogP contribution in [-0.2, 0) is 23.4 Å². The number of phenolic OH excluding ortho intramolecular Hbond substituents is 2. The molecule has 2 heterocycles. The van der Waals surface area contributed by atoms with Crippen LogP contribution in [0.5, 0.6) is 17.2 Å². The standard InChI is InChI=1S/C51H57N3O6S2/c1-2-4-42-34-13-18-51(59)29-49(42)17-14-36(55)10-7-31-9-12-45(57)47(22-31)60-20-16-32-8-11-44(56)41(21-32)40-25-46(58)37-15-19-54-43(37)6-3-5-33-23-39(48(52)53)35(24-38(33)40)27-61-62-30-50(51,26-34)28-49/h8-9,11-12,14-15,17,19,21-24,34,40,42,48,56-59H,2,4,6-7,10,13,16,18,20,25-30,52-53H2,1H3/p-1/b17-14+,46-37?/t34-,40-,42+,49-,50+,51+/m0/s1. The molecule has 9 bridgehead atoms. The molecular formula is C51H56N3O6S2-. The van der Waals surface area contributed by atoms with Crippen molar-refractivity contribution in [3.05, 3.63) is 123 Å². The Bertz CT molecular complexity index is 2470. The summed E-state index contributed by atoms with van der Waals surface area (Å²) in [6.45, 7) is 2.48. The Balaban J connectivity index is 1.12. The van der Waals surface area contributed by atoms with E-state index in [1.54, 1.807) is 52.1 Å². The highest BCUT2D eigenvalue weighted by Crippen LogP contribution is 2.73. The first kappa shape index (κ1) is 42.8. The van der Waals surface area contributed by atoms with Gasteiger partial charge in [-0.1, -0.05) is 77.1 Å². The van der Waals surface area contributed by atoms with Crippen LogP contribution in [0.15, 0.2) is 89.3 Å². The maximum absolute atomic E-state index is 14.2. The van der Waals surface area contributed by atoms with Gasteiger partial charge in [0.1, 0.15) is 5.75 Å². The van der Waals surface area contributed by atoms with Crippen molar-refractivity contribution in [1.82, 2.24) is 0 Å². The lowest BCUT2D eigenvalue weighted by Crippen LogP contribution is -2.52. The molecule has 7 N–H and O–H groups in total. The highest BCUT2D eigenvalue weighted by molar-refractivity contribution is 8.76. The van der Waals surface area contributed by atoms with Gasteiger partial charge in [-0.15, -0.1) is 5.76 Å². The average molecular weight is 871 g/mol. The van der Waals surface area contributed by atoms with Crippen molar-refractivity contribution >= 4 is 33.1 Å². The minimum atomic E-state index is -0.809. The number of ketones is 1. The number of hydrogen-bond acceptors (Lipinski definition) is 11. The second-order valence-electron chi connectivity index (χ2n) is 18.5. The fourth-order valence-electron chi connectivity index (χ4n) is 11.8. The Kier molecular flexibility index (Phi) is 11.9. The van der Waals surface area contributed by atoms with Gasteiger partial charge in [-0.05, 0) is 138 Å². The number of carbonyl (C=O) groups is 1. The summed E-state index contributed by atoms with van der Waals surface area (Å²) in [7, 11) is 3.52. The van der Waals surface area contributed by atoms with E-state index in [0.29, 0.717) is 77.9 Å². The second kappa shape index (κ2) is 17.3. The van der Waals surface area contributed by atoms with E-state index in [4.69, 9.17) is 16.2 Å². The minimum Gasteiger partial charge on any atom is -0.875 e. The number of aliphatic imine (C=N–C) groups is 1. The minimum absolute atomic E-state index is 0.0159. The van der Waals surface area contributed by atoms with E-state index in [0.717, 1.165) is 72.1 Å². The van der Waals surface area contributed by atoms with E-state index in [-0.39, 0.29) is 46.9 Å². The maximum atomic E-state index is 14.2. The van der Waals surface area contributed by atoms with Crippen LogP contribution in [0.3, 0.4) is 0 Å². The summed E-state index contributed by atoms with van der Waals surface area (Å²) in [6.07, 6.45) is 14.8. The first-order valence-corrected chi connectivity index (χ1v) is 24.6. The number of phenols is 2. The number of hydrogen-bond donors (Lipinski definition) is 5. The summed E-state index contributed by atoms with van der Waals surface area (Å²) >= 11 is 0. The first-order chi connectivity index (χ1) is 29.9. The second-order valence-corrected chi connectivity index (χ2v) is 21.0. The average Bonchev–Trinajstić information content (AvgIpc) is 3.78. The van der Waals surface area contributed by atoms with Gasteiger partial charge in [-0.2, -0.15) is 0 Å². The molecule has 3 fully saturated rings. The van der Waals surface area contributed by atoms with E-state index in [1.165, 1.54) is 0 Å². The summed E-state index contributed by atoms with van der Waals surface area (Å²) in [5.41, 5.74) is 18.4. The Hall–Kier alpha value is -4.44. The SMILES string of the molecule is CCC[C@@H]1[C@H]2CC[C@@]3(O)C[C@@]14/C=C/C(=O)CCc1ccc(O)c(c1)OCCc1ccc(O)c(c1)[C@H]1CC([O-])=C5C=CN=C5CC#Cc5cc(C(N)N)c(cc51)CSSC[C@@]3(C2)C4. The smallest absolute Gasteiger partial charge is 0.161 e. The van der Waals surface area contributed by atoms with Crippen LogP contribution in [0.2, 0.25) is 0 Å². The van der Waals surface area contributed by atoms with Gasteiger partial charge in [0, 0.05) is 53.0 Å². The normalized spacial score (nSPS) is 30.0. The molecule has 1 spiro atoms. The molecule has 62 heavy (non-hydrogen) atoms. The molecule has 0 amide bonds. The number of fused-ring (bicyclic) bond motifs is 8. The predicted octanol–water partition coefficient (Wildman–Crippen LogP) is 8.18. The molecule has 324 valence electrons. The van der Waals surface area contributed by atoms with Crippen molar-refractivity contribution < 1.29 is 30.0 Å². The van der Waals surface area contributed by atoms with Gasteiger partial charge in [0.05, 0.1) is 30.5 Å². The highest BCUT2D eigenvalue weighted by Gasteiger charge is 2.70. The molecule has 9 rings (SSSR count). The molecule has 6 aliphatic rings. The molecule has 6 atom stereocenters. The molecule has 0 unspecified atom stereocenters. The first-order valence-electron chi connectivity index (χ1n) is 22.2. The Morgan fingerprint density at radius 3 is 2.65 bits per heavy atom. The zero-order chi connectivity index (χ0) is 43.2. The van der Waals surface area contributed by atoms with Crippen LogP contribution in [0.25, 0.3) is 0 Å². The number of ether oxygens (including phenoxy) is 1. The zero-order valence-electron chi connectivity index (χ0n) is 35.3. The number of nitrogens with two attached hydrogens (primary N) is 2. The summed E-state index contributed by atoms with van der Waals surface area (Å²) < 4.78 is 6.15. The third-order valence-corrected chi connectivity index (χ3v) is 17.3. The maximum Gasteiger partial charge on any atom is 0.161 e. The number of allylic oxidation sites excluding steroid dienone is 5. The van der Waals surface area contributed by atoms with E-state index in [1.807, 2.05) is 30.3 Å². The van der Waals surface area contributed by atoms with Gasteiger partial charge in [0.2, 0.25) is 0 Å². The number of benzene rings is 3. The Morgan fingerprint density at radius 2 is 1.82 bits per heavy atom. The fraction of sp³-hybridized carbons (Fsp3) is 0.451. The van der Waals surface area contributed by atoms with Gasteiger partial charge < -0.3 is 36.6 Å². The molecule has 0 radical (unpaired) electrons. The molecule has 0 aromatic heterocycles. The van der Waals surface area contributed by atoms with Crippen LogP contribution in [-0.4, -0.2) is 44.8 Å². The lowest BCUT2D eigenvalue weighted by molar-refractivity contribution is -0.307. The van der Waals surface area contributed by atoms with Gasteiger partial charge in [0.25, 0.3) is 0 Å². The third-order valence-electron chi connectivity index (χ3n) is 14.8. The number of aromatic hydroxyl groups is 2.